The van der Waals surface area contributed by atoms with Crippen LogP contribution in [-0.2, 0) is 14.8 Å². The Hall–Kier alpha value is -3.18. The van der Waals surface area contributed by atoms with E-state index in [0.29, 0.717) is 30.0 Å². The summed E-state index contributed by atoms with van der Waals surface area (Å²) in [7, 11) is -0.969. The third-order valence-electron chi connectivity index (χ3n) is 5.07. The molecule has 0 bridgehead atoms. The number of sulfonamides is 1. The van der Waals surface area contributed by atoms with Gasteiger partial charge in [0.2, 0.25) is 15.9 Å². The molecule has 1 aliphatic heterocycles. The van der Waals surface area contributed by atoms with Gasteiger partial charge in [0.05, 0.1) is 30.0 Å². The molecule has 1 amide bonds. The van der Waals surface area contributed by atoms with E-state index in [9.17, 15) is 23.3 Å². The number of hydrogen-bond donors (Lipinski definition) is 1. The Morgan fingerprint density at radius 3 is 2.58 bits per heavy atom. The molecule has 3 rings (SSSR count). The van der Waals surface area contributed by atoms with Gasteiger partial charge in [0.25, 0.3) is 5.69 Å². The Morgan fingerprint density at radius 1 is 1.16 bits per heavy atom. The van der Waals surface area contributed by atoms with Gasteiger partial charge in [-0.15, -0.1) is 0 Å². The Bertz CT molecular complexity index is 1090. The van der Waals surface area contributed by atoms with Crippen molar-refractivity contribution >= 4 is 27.3 Å². The molecule has 31 heavy (non-hydrogen) atoms. The maximum atomic E-state index is 13.1. The first-order valence-corrected chi connectivity index (χ1v) is 11.0. The average molecular weight is 449 g/mol. The number of anilines is 1. The van der Waals surface area contributed by atoms with Crippen molar-refractivity contribution in [3.8, 4) is 11.5 Å². The van der Waals surface area contributed by atoms with Crippen molar-refractivity contribution in [3.05, 3.63) is 52.6 Å². The largest absolute Gasteiger partial charge is 0.493 e. The number of nitro groups is 1. The quantitative estimate of drug-likeness (QED) is 0.508. The number of nitrogens with one attached hydrogen (secondary N) is 1. The van der Waals surface area contributed by atoms with Gasteiger partial charge in [0.1, 0.15) is 0 Å². The molecular formula is C20H23N3O7S. The maximum absolute atomic E-state index is 13.1. The van der Waals surface area contributed by atoms with Gasteiger partial charge in [-0.3, -0.25) is 14.9 Å². The van der Waals surface area contributed by atoms with E-state index in [0.717, 1.165) is 0 Å². The number of nitrogens with zero attached hydrogens (tertiary/aromatic N) is 2. The highest BCUT2D eigenvalue weighted by Gasteiger charge is 2.34. The molecule has 2 aromatic rings. The number of piperidine rings is 1. The molecule has 166 valence electrons. The van der Waals surface area contributed by atoms with Gasteiger partial charge >= 0.3 is 0 Å². The summed E-state index contributed by atoms with van der Waals surface area (Å²) in [5.74, 6) is -0.259. The summed E-state index contributed by atoms with van der Waals surface area (Å²) in [5.41, 5.74) is 0.151. The summed E-state index contributed by atoms with van der Waals surface area (Å²) in [6.07, 6.45) is 1.03. The number of rotatable bonds is 7. The van der Waals surface area contributed by atoms with Crippen LogP contribution in [0.15, 0.2) is 47.4 Å². The molecule has 2 aromatic carbocycles. The minimum atomic E-state index is -3.85. The lowest BCUT2D eigenvalue weighted by Crippen LogP contribution is -2.43. The molecule has 0 radical (unpaired) electrons. The minimum Gasteiger partial charge on any atom is -0.493 e. The van der Waals surface area contributed by atoms with Crippen molar-refractivity contribution in [2.24, 2.45) is 5.92 Å². The molecule has 0 aromatic heterocycles. The number of nitro benzene ring substituents is 1. The van der Waals surface area contributed by atoms with E-state index in [1.165, 1.54) is 54.9 Å². The van der Waals surface area contributed by atoms with Crippen LogP contribution < -0.4 is 14.8 Å². The van der Waals surface area contributed by atoms with E-state index in [1.807, 2.05) is 0 Å². The fraction of sp³-hybridized carbons (Fsp3) is 0.350. The molecule has 11 heteroatoms. The van der Waals surface area contributed by atoms with E-state index in [1.54, 1.807) is 6.07 Å². The van der Waals surface area contributed by atoms with Crippen molar-refractivity contribution in [2.75, 3.05) is 32.6 Å². The zero-order chi connectivity index (χ0) is 22.6. The first-order valence-electron chi connectivity index (χ1n) is 9.53. The normalized spacial score (nSPS) is 17.0. The summed E-state index contributed by atoms with van der Waals surface area (Å²) in [6, 6.07) is 9.95. The van der Waals surface area contributed by atoms with Crippen LogP contribution in [0.1, 0.15) is 12.8 Å². The third-order valence-corrected chi connectivity index (χ3v) is 6.93. The molecule has 10 nitrogen and oxygen atoms in total. The number of carbonyl (C=O) groups excluding carboxylic acids is 1. The average Bonchev–Trinajstić information content (AvgIpc) is 2.78. The fourth-order valence-electron chi connectivity index (χ4n) is 3.44. The SMILES string of the molecule is COc1ccc(S(=O)(=O)N2CCC[C@H](C(=O)Nc3cccc([N+](=O)[O-])c3)C2)cc1OC. The highest BCUT2D eigenvalue weighted by atomic mass is 32.2. The second-order valence-corrected chi connectivity index (χ2v) is 8.95. The monoisotopic (exact) mass is 449 g/mol. The van der Waals surface area contributed by atoms with Crippen molar-refractivity contribution in [3.63, 3.8) is 0 Å². The van der Waals surface area contributed by atoms with Crippen molar-refractivity contribution in [1.29, 1.82) is 0 Å². The van der Waals surface area contributed by atoms with Crippen LogP contribution in [0.3, 0.4) is 0 Å². The molecule has 1 saturated heterocycles. The van der Waals surface area contributed by atoms with Crippen LogP contribution in [0.2, 0.25) is 0 Å². The molecule has 1 heterocycles. The molecule has 1 aliphatic rings. The van der Waals surface area contributed by atoms with Gasteiger partial charge in [-0.05, 0) is 31.0 Å². The minimum absolute atomic E-state index is 0.0113. The number of carbonyl (C=O) groups is 1. The summed E-state index contributed by atoms with van der Waals surface area (Å²) in [5, 5.41) is 13.6. The molecule has 1 N–H and O–H groups in total. The predicted octanol–water partition coefficient (Wildman–Crippen LogP) is 2.65. The van der Waals surface area contributed by atoms with Gasteiger partial charge < -0.3 is 14.8 Å². The highest BCUT2D eigenvalue weighted by molar-refractivity contribution is 7.89. The van der Waals surface area contributed by atoms with Crippen molar-refractivity contribution in [1.82, 2.24) is 4.31 Å². The third kappa shape index (κ3) is 4.94. The van der Waals surface area contributed by atoms with E-state index in [4.69, 9.17) is 9.47 Å². The topological polar surface area (TPSA) is 128 Å². The van der Waals surface area contributed by atoms with Crippen molar-refractivity contribution < 1.29 is 27.6 Å². The van der Waals surface area contributed by atoms with Crippen LogP contribution in [0.4, 0.5) is 11.4 Å². The molecule has 1 fully saturated rings. The van der Waals surface area contributed by atoms with Crippen molar-refractivity contribution in [2.45, 2.75) is 17.7 Å². The lowest BCUT2D eigenvalue weighted by Gasteiger charge is -2.31. The van der Waals surface area contributed by atoms with Crippen LogP contribution in [-0.4, -0.2) is 50.9 Å². The number of hydrogen-bond acceptors (Lipinski definition) is 7. The molecule has 1 atom stereocenters. The van der Waals surface area contributed by atoms with Gasteiger partial charge in [0.15, 0.2) is 11.5 Å². The summed E-state index contributed by atoms with van der Waals surface area (Å²) >= 11 is 0. The van der Waals surface area contributed by atoms with Gasteiger partial charge in [-0.25, -0.2) is 8.42 Å². The second kappa shape index (κ2) is 9.31. The van der Waals surface area contributed by atoms with Gasteiger partial charge in [-0.1, -0.05) is 6.07 Å². The van der Waals surface area contributed by atoms with Crippen LogP contribution in [0.5, 0.6) is 11.5 Å². The number of ether oxygens (including phenoxy) is 2. The van der Waals surface area contributed by atoms with E-state index >= 15 is 0 Å². The van der Waals surface area contributed by atoms with Gasteiger partial charge in [0, 0.05) is 37.0 Å². The molecule has 0 spiro atoms. The number of methoxy groups -OCH3 is 2. The smallest absolute Gasteiger partial charge is 0.271 e. The molecule has 0 unspecified atom stereocenters. The first-order chi connectivity index (χ1) is 14.8. The zero-order valence-corrected chi connectivity index (χ0v) is 17.9. The second-order valence-electron chi connectivity index (χ2n) is 7.02. The van der Waals surface area contributed by atoms with Crippen LogP contribution in [0, 0.1) is 16.0 Å². The van der Waals surface area contributed by atoms with Crippen LogP contribution in [0.25, 0.3) is 0 Å². The van der Waals surface area contributed by atoms with E-state index in [-0.39, 0.29) is 29.6 Å². The molecule has 0 saturated carbocycles. The Balaban J connectivity index is 1.75. The number of non-ortho nitro benzene ring substituents is 1. The first kappa shape index (κ1) is 22.5. The Morgan fingerprint density at radius 2 is 1.90 bits per heavy atom. The standard InChI is InChI=1S/C20H23N3O7S/c1-29-18-9-8-17(12-19(18)30-2)31(27,28)22-10-4-5-14(13-22)20(24)21-15-6-3-7-16(11-15)23(25)26/h3,6-9,11-12,14H,4-5,10,13H2,1-2H3,(H,21,24)/t14-/m0/s1. The Labute approximate surface area is 180 Å². The summed E-state index contributed by atoms with van der Waals surface area (Å²) in [4.78, 5) is 23.1. The number of amides is 1. The molecule has 0 aliphatic carbocycles. The fourth-order valence-corrected chi connectivity index (χ4v) is 4.98. The number of benzene rings is 2. The lowest BCUT2D eigenvalue weighted by atomic mass is 9.98. The highest BCUT2D eigenvalue weighted by Crippen LogP contribution is 2.32. The lowest BCUT2D eigenvalue weighted by molar-refractivity contribution is -0.384. The Kier molecular flexibility index (Phi) is 6.76. The van der Waals surface area contributed by atoms with Gasteiger partial charge in [-0.2, -0.15) is 4.31 Å². The predicted molar refractivity (Wildman–Crippen MR) is 113 cm³/mol. The molecular weight excluding hydrogens is 426 g/mol. The maximum Gasteiger partial charge on any atom is 0.271 e. The van der Waals surface area contributed by atoms with Crippen LogP contribution >= 0.6 is 0 Å². The summed E-state index contributed by atoms with van der Waals surface area (Å²) in [6.45, 7) is 0.300. The van der Waals surface area contributed by atoms with E-state index < -0.39 is 20.9 Å². The summed E-state index contributed by atoms with van der Waals surface area (Å²) < 4.78 is 37.9. The van der Waals surface area contributed by atoms with E-state index in [2.05, 4.69) is 5.32 Å². The zero-order valence-electron chi connectivity index (χ0n) is 17.1.